The lowest BCUT2D eigenvalue weighted by molar-refractivity contribution is 0.0530. The molecule has 262 valence electrons. The molecular weight excluding hydrogens is 651 g/mol. The number of rotatable bonds is 7. The number of fused-ring (bicyclic) bond motifs is 9. The second-order valence-corrected chi connectivity index (χ2v) is 18.8. The first kappa shape index (κ1) is 34.2. The van der Waals surface area contributed by atoms with E-state index in [0.29, 0.717) is 12.2 Å². The molecule has 7 rings (SSSR count). The van der Waals surface area contributed by atoms with Crippen molar-refractivity contribution in [2.45, 2.75) is 40.5 Å². The van der Waals surface area contributed by atoms with E-state index in [-0.39, 0.29) is 5.97 Å². The normalized spacial score (nSPS) is 18.8. The maximum Gasteiger partial charge on any atom is 0.338 e. The van der Waals surface area contributed by atoms with Crippen LogP contribution in [0.4, 0.5) is 0 Å². The number of hydrogen-bond donors (Lipinski definition) is 4. The van der Waals surface area contributed by atoms with Crippen molar-refractivity contribution in [1.29, 1.82) is 0 Å². The maximum absolute atomic E-state index is 12.9. The Balaban J connectivity index is 1.39. The molecular formula is C43H47N5O2S. The molecule has 0 unspecified atom stereocenters. The van der Waals surface area contributed by atoms with Gasteiger partial charge in [0.15, 0.2) is 0 Å². The average molecular weight is 698 g/mol. The van der Waals surface area contributed by atoms with E-state index in [1.54, 1.807) is 0 Å². The third-order valence-electron chi connectivity index (χ3n) is 9.75. The van der Waals surface area contributed by atoms with E-state index in [4.69, 9.17) is 9.73 Å². The van der Waals surface area contributed by atoms with Gasteiger partial charge in [0.1, 0.15) is 0 Å². The Morgan fingerprint density at radius 2 is 1.45 bits per heavy atom. The van der Waals surface area contributed by atoms with E-state index in [1.807, 2.05) is 24.3 Å². The van der Waals surface area contributed by atoms with Gasteiger partial charge in [-0.15, -0.1) is 0 Å². The van der Waals surface area contributed by atoms with E-state index >= 15 is 0 Å². The zero-order valence-corrected chi connectivity index (χ0v) is 31.4. The molecule has 0 radical (unpaired) electrons. The lowest BCUT2D eigenvalue weighted by Gasteiger charge is -2.24. The third-order valence-corrected chi connectivity index (χ3v) is 11.1. The predicted molar refractivity (Wildman–Crippen MR) is 214 cm³/mol. The van der Waals surface area contributed by atoms with E-state index in [9.17, 15) is 4.79 Å². The lowest BCUT2D eigenvalue weighted by atomic mass is 10.0. The van der Waals surface area contributed by atoms with Crippen LogP contribution >= 0.6 is 10.0 Å². The Morgan fingerprint density at radius 1 is 0.745 bits per heavy atom. The van der Waals surface area contributed by atoms with Crippen molar-refractivity contribution in [2.24, 2.45) is 4.99 Å². The van der Waals surface area contributed by atoms with Gasteiger partial charge in [0.05, 0.1) is 23.6 Å². The van der Waals surface area contributed by atoms with Crippen LogP contribution in [0.1, 0.15) is 77.0 Å². The topological polar surface area (TPSA) is 102 Å². The molecule has 7 nitrogen and oxygen atoms in total. The Hall–Kier alpha value is -5.21. The van der Waals surface area contributed by atoms with Gasteiger partial charge in [-0.25, -0.2) is 19.8 Å². The summed E-state index contributed by atoms with van der Waals surface area (Å²) < 4.78 is 5.62. The van der Waals surface area contributed by atoms with Crippen LogP contribution in [0.2, 0.25) is 0 Å². The number of ether oxygens (including phenoxy) is 1. The summed E-state index contributed by atoms with van der Waals surface area (Å²) in [5.74, 6) is 0.599. The summed E-state index contributed by atoms with van der Waals surface area (Å²) in [5, 5.41) is 4.01. The number of nitrogens with zero attached hydrogens (tertiary/aromatic N) is 1. The number of esters is 1. The number of allylic oxidation sites excluding steroid dienone is 2. The summed E-state index contributed by atoms with van der Waals surface area (Å²) in [5.41, 5.74) is 13.5. The molecule has 0 fully saturated rings. The minimum Gasteiger partial charge on any atom is -0.461 e. The van der Waals surface area contributed by atoms with Crippen molar-refractivity contribution < 1.29 is 9.53 Å². The van der Waals surface area contributed by atoms with Gasteiger partial charge < -0.3 is 24.7 Å². The Bertz CT molecular complexity index is 2490. The zero-order chi connectivity index (χ0) is 35.9. The number of carbonyl (C=O) groups is 1. The van der Waals surface area contributed by atoms with Crippen LogP contribution in [0, 0.1) is 6.92 Å². The molecule has 0 amide bonds. The van der Waals surface area contributed by atoms with Gasteiger partial charge in [-0.05, 0) is 146 Å². The molecule has 10 bridgehead atoms. The zero-order valence-electron chi connectivity index (χ0n) is 30.6. The molecule has 2 aliphatic rings. The van der Waals surface area contributed by atoms with Gasteiger partial charge in [0.25, 0.3) is 0 Å². The fourth-order valence-electron chi connectivity index (χ4n) is 6.92. The average Bonchev–Trinajstić information content (AvgIpc) is 3.93. The highest BCUT2D eigenvalue weighted by Crippen LogP contribution is 2.34. The largest absolute Gasteiger partial charge is 0.461 e. The highest BCUT2D eigenvalue weighted by molar-refractivity contribution is 8.32. The smallest absolute Gasteiger partial charge is 0.338 e. The van der Waals surface area contributed by atoms with E-state index < -0.39 is 10.0 Å². The first-order valence-electron chi connectivity index (χ1n) is 17.6. The molecule has 5 aromatic rings. The third kappa shape index (κ3) is 7.19. The van der Waals surface area contributed by atoms with Crippen LogP contribution in [-0.2, 0) is 11.2 Å². The molecule has 0 saturated carbocycles. The summed E-state index contributed by atoms with van der Waals surface area (Å²) in [6.45, 7) is 9.16. The van der Waals surface area contributed by atoms with E-state index in [1.165, 1.54) is 22.3 Å². The van der Waals surface area contributed by atoms with E-state index in [2.05, 4.69) is 127 Å². The van der Waals surface area contributed by atoms with Gasteiger partial charge in [-0.2, -0.15) is 0 Å². The number of aromatic amines is 4. The number of hydrogen-bond acceptors (Lipinski definition) is 3. The van der Waals surface area contributed by atoms with Crippen molar-refractivity contribution in [2.75, 3.05) is 31.1 Å². The van der Waals surface area contributed by atoms with Gasteiger partial charge in [0, 0.05) is 55.5 Å². The number of benzene rings is 1. The molecule has 0 saturated heterocycles. The Kier molecular flexibility index (Phi) is 9.29. The van der Waals surface area contributed by atoms with Crippen molar-refractivity contribution >= 4 is 51.6 Å². The lowest BCUT2D eigenvalue weighted by Crippen LogP contribution is -2.15. The molecule has 51 heavy (non-hydrogen) atoms. The number of aromatic nitrogens is 4. The van der Waals surface area contributed by atoms with Crippen molar-refractivity contribution in [3.63, 3.8) is 0 Å². The molecule has 8 heteroatoms. The summed E-state index contributed by atoms with van der Waals surface area (Å²) in [4.78, 5) is 32.7. The van der Waals surface area contributed by atoms with Crippen LogP contribution < -0.4 is 21.4 Å². The predicted octanol–water partition coefficient (Wildman–Crippen LogP) is 5.94. The van der Waals surface area contributed by atoms with E-state index in [0.717, 1.165) is 85.3 Å². The number of H-pyrrole nitrogens is 4. The standard InChI is InChI=1S/C43H47N5O2S/c1-8-34-26(3)38-22-32-16-18-36(45-32)42(28-10-12-29(13-11-28)43(49)50-20-21-51(5,6)7)37-19-17-33(46-37)23-39-27(4)35(9-2)41(48-39)25-31-15-14-30(44-31)24-40(34)47-38/h10-19,22-25,44-47H,8-9,20-21H2,1-7H3/b30-24-,31-25-,32-22-,33-23?,38-22?,39-23-,40-24?,41-25?,42-36-,42-37?. The highest BCUT2D eigenvalue weighted by atomic mass is 32.3. The van der Waals surface area contributed by atoms with Crippen LogP contribution in [-0.4, -0.2) is 62.7 Å². The van der Waals surface area contributed by atoms with Crippen molar-refractivity contribution in [3.8, 4) is 0 Å². The Labute approximate surface area is 300 Å². The monoisotopic (exact) mass is 697 g/mol. The summed E-state index contributed by atoms with van der Waals surface area (Å²) >= 11 is 0. The van der Waals surface area contributed by atoms with Gasteiger partial charge in [-0.1, -0.05) is 26.0 Å². The molecule has 2 aliphatic heterocycles. The minimum absolute atomic E-state index is 0.290. The number of nitrogens with one attached hydrogen (secondary N) is 4. The summed E-state index contributed by atoms with van der Waals surface area (Å²) in [6.07, 6.45) is 17.1. The summed E-state index contributed by atoms with van der Waals surface area (Å²) in [7, 11) is -0.739. The second-order valence-electron chi connectivity index (χ2n) is 14.2. The first-order valence-corrected chi connectivity index (χ1v) is 20.7. The molecule has 0 aliphatic carbocycles. The van der Waals surface area contributed by atoms with Gasteiger partial charge in [-0.3, -0.25) is 0 Å². The SMILES string of the molecule is CCC1=C(C)/C2=C/c3ccc([nH]3)/C(c3ccc(C(=O)OCCS(C)(C)C)cc3)=c3/cc/c([nH]3)=C/c3[nH]c(c(CC)c3C)/C=c3/cc/c([nH]3)=C/C1=N2. The molecule has 6 heterocycles. The molecule has 0 atom stereocenters. The van der Waals surface area contributed by atoms with Crippen LogP contribution in [0.15, 0.2) is 82.5 Å². The van der Waals surface area contributed by atoms with Crippen LogP contribution in [0.5, 0.6) is 0 Å². The first-order chi connectivity index (χ1) is 24.5. The van der Waals surface area contributed by atoms with Crippen LogP contribution in [0.3, 0.4) is 0 Å². The molecule has 0 spiro atoms. The second kappa shape index (κ2) is 13.8. The molecule has 1 aromatic carbocycles. The number of aliphatic imine (C=N–C) groups is 1. The van der Waals surface area contributed by atoms with Crippen molar-refractivity contribution in [1.82, 2.24) is 19.9 Å². The highest BCUT2D eigenvalue weighted by Gasteiger charge is 2.19. The maximum atomic E-state index is 12.9. The molecule has 4 aromatic heterocycles. The fraction of sp³-hybridized carbons (Fsp3) is 0.256. The Morgan fingerprint density at radius 3 is 2.18 bits per heavy atom. The van der Waals surface area contributed by atoms with Crippen molar-refractivity contribution in [3.05, 3.63) is 144 Å². The number of carbonyl (C=O) groups excluding carboxylic acids is 1. The molecule has 4 N–H and O–H groups in total. The minimum atomic E-state index is -0.739. The quantitative estimate of drug-likeness (QED) is 0.158. The fourth-order valence-corrected chi connectivity index (χ4v) is 7.50. The van der Waals surface area contributed by atoms with Crippen LogP contribution in [0.25, 0.3) is 29.9 Å². The van der Waals surface area contributed by atoms with Gasteiger partial charge in [0.2, 0.25) is 0 Å². The van der Waals surface area contributed by atoms with Gasteiger partial charge >= 0.3 is 5.97 Å². The summed E-state index contributed by atoms with van der Waals surface area (Å²) in [6, 6.07) is 20.4.